The fourth-order valence-electron chi connectivity index (χ4n) is 5.07. The van der Waals surface area contributed by atoms with Crippen LogP contribution in [0.4, 0.5) is 0 Å². The van der Waals surface area contributed by atoms with Crippen LogP contribution in [0.25, 0.3) is 0 Å². The van der Waals surface area contributed by atoms with Gasteiger partial charge in [0.15, 0.2) is 5.78 Å². The first kappa shape index (κ1) is 19.2. The van der Waals surface area contributed by atoms with E-state index in [0.717, 1.165) is 38.8 Å². The summed E-state index contributed by atoms with van der Waals surface area (Å²) >= 11 is 0. The van der Waals surface area contributed by atoms with Crippen molar-refractivity contribution in [3.8, 4) is 5.75 Å². The van der Waals surface area contributed by atoms with Gasteiger partial charge in [-0.15, -0.1) is 0 Å². The number of hydrogen-bond donors (Lipinski definition) is 2. The van der Waals surface area contributed by atoms with Crippen LogP contribution in [0.2, 0.25) is 0 Å². The second-order valence-electron chi connectivity index (χ2n) is 8.68. The lowest BCUT2D eigenvalue weighted by molar-refractivity contribution is 0.0255. The van der Waals surface area contributed by atoms with Crippen LogP contribution in [0.3, 0.4) is 0 Å². The van der Waals surface area contributed by atoms with E-state index in [4.69, 9.17) is 0 Å². The highest BCUT2D eigenvalue weighted by molar-refractivity contribution is 5.99. The summed E-state index contributed by atoms with van der Waals surface area (Å²) in [5.41, 5.74) is 1.35. The largest absolute Gasteiger partial charge is 0.508 e. The zero-order valence-electron chi connectivity index (χ0n) is 16.4. The SMILES string of the molecule is CC(C(=O)c1ccc(O)cc1)N1C[C@@H]2C[C@@](O)(CCc3ccccc3)C[C@@H]2C1. The lowest BCUT2D eigenvalue weighted by Gasteiger charge is -2.28. The number of carbonyl (C=O) groups excluding carboxylic acids is 1. The van der Waals surface area contributed by atoms with Crippen LogP contribution in [-0.4, -0.2) is 45.6 Å². The molecule has 0 bridgehead atoms. The number of phenols is 1. The van der Waals surface area contributed by atoms with Crippen molar-refractivity contribution < 1.29 is 15.0 Å². The zero-order valence-corrected chi connectivity index (χ0v) is 16.4. The van der Waals surface area contributed by atoms with Crippen molar-refractivity contribution in [3.05, 3.63) is 65.7 Å². The van der Waals surface area contributed by atoms with Gasteiger partial charge in [0.05, 0.1) is 11.6 Å². The van der Waals surface area contributed by atoms with E-state index < -0.39 is 5.60 Å². The molecule has 0 spiro atoms. The van der Waals surface area contributed by atoms with E-state index in [9.17, 15) is 15.0 Å². The summed E-state index contributed by atoms with van der Waals surface area (Å²) in [6.07, 6.45) is 3.39. The topological polar surface area (TPSA) is 60.8 Å². The number of likely N-dealkylation sites (tertiary alicyclic amines) is 1. The Morgan fingerprint density at radius 3 is 2.29 bits per heavy atom. The molecular formula is C24H29NO3. The standard InChI is InChI=1S/C24H29NO3/c1-17(23(27)19-7-9-22(26)10-8-19)25-15-20-13-24(28,14-21(20)16-25)12-11-18-5-3-2-4-6-18/h2-10,17,20-21,26,28H,11-16H2,1H3/t17?,20-,21+,24-. The maximum atomic E-state index is 12.8. The van der Waals surface area contributed by atoms with Gasteiger partial charge in [0.1, 0.15) is 5.75 Å². The number of hydrogen-bond acceptors (Lipinski definition) is 4. The number of aromatic hydroxyl groups is 1. The second kappa shape index (κ2) is 7.69. The van der Waals surface area contributed by atoms with Gasteiger partial charge in [0.2, 0.25) is 0 Å². The highest BCUT2D eigenvalue weighted by Crippen LogP contribution is 2.46. The Balaban J connectivity index is 1.33. The van der Waals surface area contributed by atoms with Crippen LogP contribution in [0.15, 0.2) is 54.6 Å². The predicted molar refractivity (Wildman–Crippen MR) is 109 cm³/mol. The van der Waals surface area contributed by atoms with Crippen LogP contribution >= 0.6 is 0 Å². The predicted octanol–water partition coefficient (Wildman–Crippen LogP) is 3.67. The quantitative estimate of drug-likeness (QED) is 0.752. The maximum absolute atomic E-state index is 12.8. The number of rotatable bonds is 6. The Hall–Kier alpha value is -2.17. The molecule has 1 aliphatic heterocycles. The second-order valence-corrected chi connectivity index (χ2v) is 8.68. The molecule has 1 saturated carbocycles. The molecule has 4 nitrogen and oxygen atoms in total. The van der Waals surface area contributed by atoms with Gasteiger partial charge in [-0.2, -0.15) is 0 Å². The summed E-state index contributed by atoms with van der Waals surface area (Å²) in [4.78, 5) is 15.0. The Kier molecular flexibility index (Phi) is 5.26. The number of nitrogens with zero attached hydrogens (tertiary/aromatic N) is 1. The Morgan fingerprint density at radius 1 is 1.07 bits per heavy atom. The lowest BCUT2D eigenvalue weighted by atomic mass is 9.91. The van der Waals surface area contributed by atoms with Gasteiger partial charge < -0.3 is 10.2 Å². The highest BCUT2D eigenvalue weighted by atomic mass is 16.3. The fraction of sp³-hybridized carbons (Fsp3) is 0.458. The summed E-state index contributed by atoms with van der Waals surface area (Å²) < 4.78 is 0. The number of Topliss-reactive ketones (excluding diaryl/α,β-unsaturated/α-hetero) is 1. The third kappa shape index (κ3) is 3.98. The minimum Gasteiger partial charge on any atom is -0.508 e. The summed E-state index contributed by atoms with van der Waals surface area (Å²) in [5, 5.41) is 20.5. The van der Waals surface area contributed by atoms with E-state index in [0.29, 0.717) is 17.4 Å². The minimum atomic E-state index is -0.568. The van der Waals surface area contributed by atoms with Crippen molar-refractivity contribution in [2.75, 3.05) is 13.1 Å². The van der Waals surface area contributed by atoms with Crippen molar-refractivity contribution in [2.45, 2.75) is 44.2 Å². The van der Waals surface area contributed by atoms with Crippen molar-refractivity contribution in [2.24, 2.45) is 11.8 Å². The first-order chi connectivity index (χ1) is 13.4. The Bertz CT molecular complexity index is 804. The monoisotopic (exact) mass is 379 g/mol. The van der Waals surface area contributed by atoms with Crippen molar-refractivity contribution in [1.82, 2.24) is 4.90 Å². The number of benzene rings is 2. The third-order valence-electron chi connectivity index (χ3n) is 6.69. The third-order valence-corrected chi connectivity index (χ3v) is 6.69. The molecule has 28 heavy (non-hydrogen) atoms. The van der Waals surface area contributed by atoms with Gasteiger partial charge in [-0.25, -0.2) is 0 Å². The van der Waals surface area contributed by atoms with Crippen molar-refractivity contribution in [3.63, 3.8) is 0 Å². The van der Waals surface area contributed by atoms with Crippen LogP contribution < -0.4 is 0 Å². The molecule has 0 aromatic heterocycles. The molecule has 4 heteroatoms. The number of carbonyl (C=O) groups is 1. The zero-order chi connectivity index (χ0) is 19.7. The normalized spacial score (nSPS) is 28.2. The molecule has 4 rings (SSSR count). The number of aliphatic hydroxyl groups is 1. The molecule has 1 saturated heterocycles. The first-order valence-corrected chi connectivity index (χ1v) is 10.3. The van der Waals surface area contributed by atoms with Crippen LogP contribution in [0, 0.1) is 11.8 Å². The first-order valence-electron chi connectivity index (χ1n) is 10.3. The summed E-state index contributed by atoms with van der Waals surface area (Å²) in [6.45, 7) is 3.73. The average molecular weight is 380 g/mol. The van der Waals surface area contributed by atoms with E-state index in [1.54, 1.807) is 24.3 Å². The van der Waals surface area contributed by atoms with Gasteiger partial charge in [0.25, 0.3) is 0 Å². The smallest absolute Gasteiger partial charge is 0.179 e. The van der Waals surface area contributed by atoms with E-state index in [-0.39, 0.29) is 17.6 Å². The number of fused-ring (bicyclic) bond motifs is 1. The summed E-state index contributed by atoms with van der Waals surface area (Å²) in [5.74, 6) is 1.21. The molecule has 2 aromatic carbocycles. The summed E-state index contributed by atoms with van der Waals surface area (Å²) in [6, 6.07) is 16.7. The van der Waals surface area contributed by atoms with Gasteiger partial charge in [0, 0.05) is 18.7 Å². The van der Waals surface area contributed by atoms with Gasteiger partial charge in [-0.05, 0) is 74.3 Å². The molecule has 148 valence electrons. The molecule has 0 radical (unpaired) electrons. The van der Waals surface area contributed by atoms with Crippen molar-refractivity contribution in [1.29, 1.82) is 0 Å². The molecule has 2 aliphatic rings. The molecular weight excluding hydrogens is 350 g/mol. The van der Waals surface area contributed by atoms with E-state index in [1.807, 2.05) is 25.1 Å². The molecule has 2 N–H and O–H groups in total. The van der Waals surface area contributed by atoms with Gasteiger partial charge >= 0.3 is 0 Å². The lowest BCUT2D eigenvalue weighted by Crippen LogP contribution is -2.39. The van der Waals surface area contributed by atoms with E-state index in [2.05, 4.69) is 17.0 Å². The van der Waals surface area contributed by atoms with Crippen LogP contribution in [-0.2, 0) is 6.42 Å². The van der Waals surface area contributed by atoms with Crippen molar-refractivity contribution >= 4 is 5.78 Å². The molecule has 1 aliphatic carbocycles. The van der Waals surface area contributed by atoms with Gasteiger partial charge in [-0.1, -0.05) is 30.3 Å². The highest BCUT2D eigenvalue weighted by Gasteiger charge is 2.49. The van der Waals surface area contributed by atoms with Crippen LogP contribution in [0.5, 0.6) is 5.75 Å². The molecule has 2 fully saturated rings. The summed E-state index contributed by atoms with van der Waals surface area (Å²) in [7, 11) is 0. The minimum absolute atomic E-state index is 0.0966. The maximum Gasteiger partial charge on any atom is 0.179 e. The molecule has 0 amide bonds. The fourth-order valence-corrected chi connectivity index (χ4v) is 5.07. The Morgan fingerprint density at radius 2 is 1.68 bits per heavy atom. The number of ketones is 1. The van der Waals surface area contributed by atoms with Gasteiger partial charge in [-0.3, -0.25) is 9.69 Å². The number of aryl methyl sites for hydroxylation is 1. The molecule has 4 atom stereocenters. The number of phenolic OH excluding ortho intramolecular Hbond substituents is 1. The molecule has 2 aromatic rings. The van der Waals surface area contributed by atoms with E-state index >= 15 is 0 Å². The Labute approximate surface area is 166 Å². The average Bonchev–Trinajstić information content (AvgIpc) is 3.22. The van der Waals surface area contributed by atoms with E-state index in [1.165, 1.54) is 5.56 Å². The molecule has 1 heterocycles. The van der Waals surface area contributed by atoms with Crippen LogP contribution in [0.1, 0.15) is 42.1 Å². The molecule has 1 unspecified atom stereocenters.